The van der Waals surface area contributed by atoms with Crippen LogP contribution in [0.3, 0.4) is 0 Å². The summed E-state index contributed by atoms with van der Waals surface area (Å²) in [7, 11) is 1.56. The van der Waals surface area contributed by atoms with E-state index in [1.807, 2.05) is 49.4 Å². The number of hydrogen-bond donors (Lipinski definition) is 2. The molecule has 0 radical (unpaired) electrons. The molecule has 3 rings (SSSR count). The summed E-state index contributed by atoms with van der Waals surface area (Å²) >= 11 is 5.88. The Balaban J connectivity index is 1.57. The van der Waals surface area contributed by atoms with Gasteiger partial charge in [-0.1, -0.05) is 29.8 Å². The number of aryl methyl sites for hydroxylation is 1. The van der Waals surface area contributed by atoms with Crippen molar-refractivity contribution in [2.45, 2.75) is 13.3 Å². The Morgan fingerprint density at radius 2 is 1.89 bits per heavy atom. The highest BCUT2D eigenvalue weighted by Crippen LogP contribution is 2.25. The molecule has 0 fully saturated rings. The van der Waals surface area contributed by atoms with E-state index < -0.39 is 0 Å². The molecule has 1 heterocycles. The number of anilines is 2. The fourth-order valence-corrected chi connectivity index (χ4v) is 2.75. The number of carbonyl (C=O) groups is 1. The summed E-state index contributed by atoms with van der Waals surface area (Å²) < 4.78 is 5.28. The van der Waals surface area contributed by atoms with Crippen LogP contribution in [0, 0.1) is 6.92 Å². The van der Waals surface area contributed by atoms with Gasteiger partial charge < -0.3 is 15.4 Å². The Kier molecular flexibility index (Phi) is 6.45. The first-order chi connectivity index (χ1) is 13.5. The average Bonchev–Trinajstić information content (AvgIpc) is 2.70. The highest BCUT2D eigenvalue weighted by Gasteiger charge is 2.12. The zero-order valence-corrected chi connectivity index (χ0v) is 16.5. The van der Waals surface area contributed by atoms with Crippen molar-refractivity contribution in [2.75, 3.05) is 24.3 Å². The van der Waals surface area contributed by atoms with Gasteiger partial charge in [0.1, 0.15) is 17.3 Å². The molecule has 0 saturated carbocycles. The smallest absolute Gasteiger partial charge is 0.275 e. The second kappa shape index (κ2) is 9.19. The fraction of sp³-hybridized carbons (Fsp3) is 0.190. The Labute approximate surface area is 168 Å². The molecule has 1 aromatic heterocycles. The number of methoxy groups -OCH3 is 1. The van der Waals surface area contributed by atoms with Crippen molar-refractivity contribution in [1.82, 2.24) is 9.97 Å². The molecule has 7 heteroatoms. The summed E-state index contributed by atoms with van der Waals surface area (Å²) in [6, 6.07) is 13.3. The molecule has 144 valence electrons. The van der Waals surface area contributed by atoms with Crippen LogP contribution in [0.5, 0.6) is 5.75 Å². The maximum absolute atomic E-state index is 12.4. The number of ether oxygens (including phenoxy) is 1. The number of rotatable bonds is 7. The molecule has 0 atom stereocenters. The van der Waals surface area contributed by atoms with E-state index in [0.29, 0.717) is 23.8 Å². The molecule has 3 aromatic rings. The van der Waals surface area contributed by atoms with E-state index in [9.17, 15) is 4.79 Å². The summed E-state index contributed by atoms with van der Waals surface area (Å²) in [5.74, 6) is 0.857. The van der Waals surface area contributed by atoms with Gasteiger partial charge in [-0.2, -0.15) is 0 Å². The molecule has 0 saturated heterocycles. The van der Waals surface area contributed by atoms with Crippen LogP contribution < -0.4 is 15.4 Å². The van der Waals surface area contributed by atoms with Gasteiger partial charge in [0.25, 0.3) is 5.91 Å². The minimum atomic E-state index is -0.343. The Morgan fingerprint density at radius 3 is 2.57 bits per heavy atom. The molecule has 28 heavy (non-hydrogen) atoms. The number of hydrogen-bond acceptors (Lipinski definition) is 5. The number of carbonyl (C=O) groups excluding carboxylic acids is 1. The first-order valence-corrected chi connectivity index (χ1v) is 9.19. The predicted octanol–water partition coefficient (Wildman–Crippen LogP) is 4.35. The Bertz CT molecular complexity index is 944. The molecule has 0 unspecified atom stereocenters. The molecule has 0 aliphatic rings. The SMILES string of the molecule is COc1ccc(C)cc1NC(=O)c1cnc(NCCc2ccc(Cl)cc2)cn1. The second-order valence-electron chi connectivity index (χ2n) is 6.25. The van der Waals surface area contributed by atoms with Gasteiger partial charge in [-0.3, -0.25) is 4.79 Å². The third-order valence-corrected chi connectivity index (χ3v) is 4.37. The standard InChI is InChI=1S/C21H21ClN4O2/c1-14-3-8-19(28-2)17(11-14)26-21(27)18-12-25-20(13-24-18)23-10-9-15-4-6-16(22)7-5-15/h3-8,11-13H,9-10H2,1-2H3,(H,23,25)(H,26,27). The van der Waals surface area contributed by atoms with Gasteiger partial charge in [-0.05, 0) is 48.7 Å². The van der Waals surface area contributed by atoms with Crippen molar-refractivity contribution in [3.8, 4) is 5.75 Å². The first kappa shape index (κ1) is 19.6. The number of nitrogens with one attached hydrogen (secondary N) is 2. The van der Waals surface area contributed by atoms with E-state index in [1.165, 1.54) is 11.8 Å². The van der Waals surface area contributed by atoms with Crippen molar-refractivity contribution in [3.63, 3.8) is 0 Å². The van der Waals surface area contributed by atoms with E-state index >= 15 is 0 Å². The highest BCUT2D eigenvalue weighted by molar-refractivity contribution is 6.30. The molecule has 0 bridgehead atoms. The highest BCUT2D eigenvalue weighted by atomic mass is 35.5. The molecule has 0 aliphatic heterocycles. The number of nitrogens with zero attached hydrogens (tertiary/aromatic N) is 2. The monoisotopic (exact) mass is 396 g/mol. The van der Waals surface area contributed by atoms with Gasteiger partial charge in [0.05, 0.1) is 25.2 Å². The normalized spacial score (nSPS) is 10.4. The molecular weight excluding hydrogens is 376 g/mol. The summed E-state index contributed by atoms with van der Waals surface area (Å²) in [5, 5.41) is 6.72. The lowest BCUT2D eigenvalue weighted by Gasteiger charge is -2.11. The minimum absolute atomic E-state index is 0.229. The third kappa shape index (κ3) is 5.20. The van der Waals surface area contributed by atoms with Crippen molar-refractivity contribution < 1.29 is 9.53 Å². The Hall–Kier alpha value is -3.12. The average molecular weight is 397 g/mol. The van der Waals surface area contributed by atoms with Crippen LogP contribution in [-0.2, 0) is 6.42 Å². The van der Waals surface area contributed by atoms with Crippen molar-refractivity contribution in [1.29, 1.82) is 0 Å². The van der Waals surface area contributed by atoms with Gasteiger partial charge >= 0.3 is 0 Å². The first-order valence-electron chi connectivity index (χ1n) is 8.81. The molecule has 6 nitrogen and oxygen atoms in total. The molecule has 0 spiro atoms. The zero-order valence-electron chi connectivity index (χ0n) is 15.7. The quantitative estimate of drug-likeness (QED) is 0.620. The molecule has 2 aromatic carbocycles. The van der Waals surface area contributed by atoms with Crippen LogP contribution >= 0.6 is 11.6 Å². The maximum atomic E-state index is 12.4. The molecule has 0 aliphatic carbocycles. The van der Waals surface area contributed by atoms with Gasteiger partial charge in [0.2, 0.25) is 0 Å². The van der Waals surface area contributed by atoms with E-state index in [-0.39, 0.29) is 11.6 Å². The van der Waals surface area contributed by atoms with Crippen molar-refractivity contribution in [2.24, 2.45) is 0 Å². The maximum Gasteiger partial charge on any atom is 0.275 e. The summed E-state index contributed by atoms with van der Waals surface area (Å²) in [5.41, 5.74) is 3.02. The Morgan fingerprint density at radius 1 is 1.11 bits per heavy atom. The zero-order chi connectivity index (χ0) is 19.9. The van der Waals surface area contributed by atoms with Crippen LogP contribution in [0.15, 0.2) is 54.9 Å². The van der Waals surface area contributed by atoms with Crippen LogP contribution in [-0.4, -0.2) is 29.5 Å². The van der Waals surface area contributed by atoms with Gasteiger partial charge in [0, 0.05) is 11.6 Å². The molecule has 2 N–H and O–H groups in total. The number of amides is 1. The largest absolute Gasteiger partial charge is 0.495 e. The molecule has 1 amide bonds. The van der Waals surface area contributed by atoms with Crippen LogP contribution in [0.2, 0.25) is 5.02 Å². The van der Waals surface area contributed by atoms with Crippen LogP contribution in [0.4, 0.5) is 11.5 Å². The number of benzene rings is 2. The minimum Gasteiger partial charge on any atom is -0.495 e. The fourth-order valence-electron chi connectivity index (χ4n) is 2.63. The van der Waals surface area contributed by atoms with E-state index in [0.717, 1.165) is 17.0 Å². The second-order valence-corrected chi connectivity index (χ2v) is 6.68. The van der Waals surface area contributed by atoms with Gasteiger partial charge in [0.15, 0.2) is 0 Å². The van der Waals surface area contributed by atoms with E-state index in [1.54, 1.807) is 13.3 Å². The lowest BCUT2D eigenvalue weighted by atomic mass is 10.1. The topological polar surface area (TPSA) is 76.1 Å². The van der Waals surface area contributed by atoms with Gasteiger partial charge in [-0.25, -0.2) is 9.97 Å². The molecular formula is C21H21ClN4O2. The lowest BCUT2D eigenvalue weighted by Crippen LogP contribution is -2.15. The number of halogens is 1. The summed E-state index contributed by atoms with van der Waals surface area (Å²) in [6.45, 7) is 2.64. The summed E-state index contributed by atoms with van der Waals surface area (Å²) in [4.78, 5) is 20.9. The van der Waals surface area contributed by atoms with E-state index in [4.69, 9.17) is 16.3 Å². The predicted molar refractivity (Wildman–Crippen MR) is 111 cm³/mol. The summed E-state index contributed by atoms with van der Waals surface area (Å²) in [6.07, 6.45) is 3.82. The van der Waals surface area contributed by atoms with Crippen molar-refractivity contribution >= 4 is 29.0 Å². The van der Waals surface area contributed by atoms with E-state index in [2.05, 4.69) is 20.6 Å². The third-order valence-electron chi connectivity index (χ3n) is 4.12. The van der Waals surface area contributed by atoms with Crippen LogP contribution in [0.1, 0.15) is 21.6 Å². The van der Waals surface area contributed by atoms with Gasteiger partial charge in [-0.15, -0.1) is 0 Å². The number of aromatic nitrogens is 2. The van der Waals surface area contributed by atoms with Crippen LogP contribution in [0.25, 0.3) is 0 Å². The van der Waals surface area contributed by atoms with Crippen molar-refractivity contribution in [3.05, 3.63) is 76.7 Å². The lowest BCUT2D eigenvalue weighted by molar-refractivity contribution is 0.102.